The third-order valence-electron chi connectivity index (χ3n) is 2.07. The molecule has 3 nitrogen and oxygen atoms in total. The third-order valence-corrected chi connectivity index (χ3v) is 5.28. The van der Waals surface area contributed by atoms with Gasteiger partial charge in [-0.05, 0) is 18.1 Å². The second-order valence-electron chi connectivity index (χ2n) is 4.29. The van der Waals surface area contributed by atoms with Crippen molar-refractivity contribution < 1.29 is 13.2 Å². The summed E-state index contributed by atoms with van der Waals surface area (Å²) in [6.45, 7) is 5.87. The van der Waals surface area contributed by atoms with E-state index in [0.29, 0.717) is 24.5 Å². The molecular formula is C11H22O3S2. The Kier molecular flexibility index (Phi) is 8.10. The van der Waals surface area contributed by atoms with Gasteiger partial charge in [0, 0.05) is 12.2 Å². The van der Waals surface area contributed by atoms with Crippen LogP contribution in [0.3, 0.4) is 0 Å². The summed E-state index contributed by atoms with van der Waals surface area (Å²) >= 11 is 1.63. The van der Waals surface area contributed by atoms with Crippen LogP contribution in [-0.4, -0.2) is 37.2 Å². The topological polar surface area (TPSA) is 51.2 Å². The van der Waals surface area contributed by atoms with Crippen molar-refractivity contribution in [1.82, 2.24) is 0 Å². The maximum Gasteiger partial charge on any atom is 0.150 e. The van der Waals surface area contributed by atoms with Crippen molar-refractivity contribution in [3.05, 3.63) is 0 Å². The van der Waals surface area contributed by atoms with Gasteiger partial charge in [-0.15, -0.1) is 0 Å². The Hall–Kier alpha value is -0.0300. The van der Waals surface area contributed by atoms with Gasteiger partial charge >= 0.3 is 0 Å². The maximum absolute atomic E-state index is 11.4. The Bertz CT molecular complexity index is 294. The summed E-state index contributed by atoms with van der Waals surface area (Å²) < 4.78 is 22.3. The van der Waals surface area contributed by atoms with Crippen molar-refractivity contribution in [2.75, 3.05) is 23.0 Å². The van der Waals surface area contributed by atoms with E-state index in [1.165, 1.54) is 0 Å². The van der Waals surface area contributed by atoms with Crippen molar-refractivity contribution in [3.63, 3.8) is 0 Å². The molecule has 5 heteroatoms. The van der Waals surface area contributed by atoms with E-state index in [1.807, 2.05) is 0 Å². The van der Waals surface area contributed by atoms with Gasteiger partial charge in [-0.25, -0.2) is 8.42 Å². The Balaban J connectivity index is 3.59. The molecule has 0 amide bonds. The molecule has 0 aliphatic carbocycles. The van der Waals surface area contributed by atoms with Crippen LogP contribution in [-0.2, 0) is 14.6 Å². The molecule has 0 aliphatic heterocycles. The van der Waals surface area contributed by atoms with E-state index >= 15 is 0 Å². The highest BCUT2D eigenvalue weighted by atomic mass is 32.2. The van der Waals surface area contributed by atoms with E-state index in [4.69, 9.17) is 0 Å². The molecule has 0 aliphatic rings. The number of carbonyl (C=O) groups excluding carboxylic acids is 1. The molecule has 0 aromatic carbocycles. The molecule has 0 heterocycles. The van der Waals surface area contributed by atoms with Gasteiger partial charge in [-0.1, -0.05) is 20.8 Å². The lowest BCUT2D eigenvalue weighted by Crippen LogP contribution is -2.11. The lowest BCUT2D eigenvalue weighted by atomic mass is 10.2. The number of ketones is 1. The molecule has 0 saturated heterocycles. The second kappa shape index (κ2) is 8.12. The first kappa shape index (κ1) is 16.0. The zero-order valence-corrected chi connectivity index (χ0v) is 12.0. The molecule has 0 unspecified atom stereocenters. The highest BCUT2D eigenvalue weighted by molar-refractivity contribution is 7.99. The van der Waals surface area contributed by atoms with E-state index in [-0.39, 0.29) is 17.3 Å². The number of hydrogen-bond acceptors (Lipinski definition) is 4. The summed E-state index contributed by atoms with van der Waals surface area (Å²) in [7, 11) is -2.91. The van der Waals surface area contributed by atoms with Crippen molar-refractivity contribution >= 4 is 27.4 Å². The standard InChI is InChI=1S/C11H22O3S2/c1-4-16(13,14)7-5-6-11(12)9-15-8-10(2)3/h10H,4-9H2,1-3H3. The molecule has 16 heavy (non-hydrogen) atoms. The lowest BCUT2D eigenvalue weighted by molar-refractivity contribution is -0.116. The van der Waals surface area contributed by atoms with Gasteiger partial charge in [0.2, 0.25) is 0 Å². The summed E-state index contributed by atoms with van der Waals surface area (Å²) in [4.78, 5) is 11.4. The molecule has 96 valence electrons. The minimum atomic E-state index is -2.91. The third kappa shape index (κ3) is 9.21. The Morgan fingerprint density at radius 2 is 1.94 bits per heavy atom. The molecule has 0 N–H and O–H groups in total. The first-order valence-corrected chi connectivity index (χ1v) is 8.65. The average Bonchev–Trinajstić information content (AvgIpc) is 2.17. The fourth-order valence-electron chi connectivity index (χ4n) is 1.11. The van der Waals surface area contributed by atoms with Gasteiger partial charge in [0.15, 0.2) is 0 Å². The number of hydrogen-bond donors (Lipinski definition) is 0. The Labute approximate surface area is 103 Å². The van der Waals surface area contributed by atoms with Gasteiger partial charge in [0.25, 0.3) is 0 Å². The van der Waals surface area contributed by atoms with Crippen LogP contribution < -0.4 is 0 Å². The number of thioether (sulfide) groups is 1. The average molecular weight is 266 g/mol. The molecule has 0 spiro atoms. The number of sulfone groups is 1. The van der Waals surface area contributed by atoms with Gasteiger partial charge in [0.1, 0.15) is 15.6 Å². The fourth-order valence-corrected chi connectivity index (χ4v) is 2.95. The smallest absolute Gasteiger partial charge is 0.150 e. The van der Waals surface area contributed by atoms with Crippen LogP contribution in [0.25, 0.3) is 0 Å². The minimum absolute atomic E-state index is 0.143. The molecule has 0 bridgehead atoms. The largest absolute Gasteiger partial charge is 0.299 e. The predicted molar refractivity (Wildman–Crippen MR) is 70.7 cm³/mol. The highest BCUT2D eigenvalue weighted by Gasteiger charge is 2.09. The van der Waals surface area contributed by atoms with Crippen molar-refractivity contribution in [2.45, 2.75) is 33.6 Å². The Morgan fingerprint density at radius 3 is 2.44 bits per heavy atom. The van der Waals surface area contributed by atoms with Crippen LogP contribution in [0.15, 0.2) is 0 Å². The molecule has 0 aromatic heterocycles. The van der Waals surface area contributed by atoms with Gasteiger partial charge < -0.3 is 0 Å². The van der Waals surface area contributed by atoms with Crippen molar-refractivity contribution in [1.29, 1.82) is 0 Å². The van der Waals surface area contributed by atoms with E-state index < -0.39 is 9.84 Å². The number of carbonyl (C=O) groups is 1. The van der Waals surface area contributed by atoms with Gasteiger partial charge in [-0.2, -0.15) is 11.8 Å². The summed E-state index contributed by atoms with van der Waals surface area (Å²) in [5, 5.41) is 0. The Morgan fingerprint density at radius 1 is 1.31 bits per heavy atom. The molecule has 0 saturated carbocycles. The molecule has 0 radical (unpaired) electrons. The molecular weight excluding hydrogens is 244 g/mol. The second-order valence-corrected chi connectivity index (χ2v) is 7.79. The fraction of sp³-hybridized carbons (Fsp3) is 0.909. The lowest BCUT2D eigenvalue weighted by Gasteiger charge is -2.04. The van der Waals surface area contributed by atoms with E-state index in [9.17, 15) is 13.2 Å². The van der Waals surface area contributed by atoms with Gasteiger partial charge in [-0.3, -0.25) is 4.79 Å². The van der Waals surface area contributed by atoms with Crippen LogP contribution in [0.5, 0.6) is 0 Å². The van der Waals surface area contributed by atoms with Crippen LogP contribution in [0.2, 0.25) is 0 Å². The predicted octanol–water partition coefficient (Wildman–Crippen LogP) is 2.16. The minimum Gasteiger partial charge on any atom is -0.299 e. The zero-order valence-electron chi connectivity index (χ0n) is 10.4. The van der Waals surface area contributed by atoms with Crippen LogP contribution in [0, 0.1) is 5.92 Å². The molecule has 0 atom stereocenters. The zero-order chi connectivity index (χ0) is 12.6. The summed E-state index contributed by atoms with van der Waals surface area (Å²) in [5.41, 5.74) is 0. The summed E-state index contributed by atoms with van der Waals surface area (Å²) in [6, 6.07) is 0. The van der Waals surface area contributed by atoms with E-state index in [2.05, 4.69) is 13.8 Å². The van der Waals surface area contributed by atoms with Gasteiger partial charge in [0.05, 0.1) is 11.5 Å². The first-order valence-electron chi connectivity index (χ1n) is 5.67. The normalized spacial score (nSPS) is 12.0. The maximum atomic E-state index is 11.4. The van der Waals surface area contributed by atoms with Crippen molar-refractivity contribution in [3.8, 4) is 0 Å². The SMILES string of the molecule is CCS(=O)(=O)CCCC(=O)CSCC(C)C. The monoisotopic (exact) mass is 266 g/mol. The van der Waals surface area contributed by atoms with E-state index in [1.54, 1.807) is 18.7 Å². The van der Waals surface area contributed by atoms with E-state index in [0.717, 1.165) is 5.75 Å². The van der Waals surface area contributed by atoms with Crippen LogP contribution in [0.1, 0.15) is 33.6 Å². The van der Waals surface area contributed by atoms with Crippen LogP contribution >= 0.6 is 11.8 Å². The highest BCUT2D eigenvalue weighted by Crippen LogP contribution is 2.09. The van der Waals surface area contributed by atoms with Crippen molar-refractivity contribution in [2.24, 2.45) is 5.92 Å². The van der Waals surface area contributed by atoms with Crippen LogP contribution in [0.4, 0.5) is 0 Å². The quantitative estimate of drug-likeness (QED) is 0.642. The summed E-state index contributed by atoms with van der Waals surface area (Å²) in [5.74, 6) is 2.58. The molecule has 0 fully saturated rings. The summed E-state index contributed by atoms with van der Waals surface area (Å²) in [6.07, 6.45) is 0.863. The molecule has 0 rings (SSSR count). The molecule has 0 aromatic rings. The first-order chi connectivity index (χ1) is 7.37. The number of rotatable bonds is 9. The number of Topliss-reactive ketones (excluding diaryl/α,β-unsaturated/α-hetero) is 1.